The molecule has 0 aliphatic rings. The van der Waals surface area contributed by atoms with Gasteiger partial charge in [-0.15, -0.1) is 0 Å². The number of methoxy groups -OCH3 is 2. The van der Waals surface area contributed by atoms with Gasteiger partial charge in [0.1, 0.15) is 11.6 Å². The molecule has 31 heavy (non-hydrogen) atoms. The van der Waals surface area contributed by atoms with Gasteiger partial charge in [-0.1, -0.05) is 6.58 Å². The summed E-state index contributed by atoms with van der Waals surface area (Å²) < 4.78 is 35.8. The smallest absolute Gasteiger partial charge is 0.175 e. The van der Waals surface area contributed by atoms with Crippen molar-refractivity contribution in [3.8, 4) is 17.2 Å². The van der Waals surface area contributed by atoms with E-state index in [0.717, 1.165) is 11.4 Å². The highest BCUT2D eigenvalue weighted by atomic mass is 32.2. The standard InChI is InChI=1S/C22H24N4O4S/c1-15(24-17-5-10-20(29-2)21(13-17)30-3)25-22-16(14-23)11-12-26(22)18-6-8-19(9-7-18)31(4,27)28/h5-14,23-25H,1H2,2-4H3. The van der Waals surface area contributed by atoms with Crippen molar-refractivity contribution in [2.24, 2.45) is 0 Å². The van der Waals surface area contributed by atoms with Gasteiger partial charge < -0.3 is 30.1 Å². The Morgan fingerprint density at radius 2 is 1.71 bits per heavy atom. The summed E-state index contributed by atoms with van der Waals surface area (Å²) in [4.78, 5) is 0.240. The zero-order valence-corrected chi connectivity index (χ0v) is 18.3. The van der Waals surface area contributed by atoms with Crippen molar-refractivity contribution in [2.45, 2.75) is 4.90 Å². The number of rotatable bonds is 9. The minimum atomic E-state index is -3.28. The number of sulfone groups is 1. The average Bonchev–Trinajstić information content (AvgIpc) is 3.15. The third-order valence-corrected chi connectivity index (χ3v) is 5.69. The van der Waals surface area contributed by atoms with Gasteiger partial charge in [0.2, 0.25) is 0 Å². The summed E-state index contributed by atoms with van der Waals surface area (Å²) in [5.41, 5.74) is 2.12. The molecule has 0 saturated carbocycles. The molecule has 0 fully saturated rings. The number of benzene rings is 2. The maximum absolute atomic E-state index is 11.7. The van der Waals surface area contributed by atoms with Crippen molar-refractivity contribution in [3.63, 3.8) is 0 Å². The van der Waals surface area contributed by atoms with E-state index in [9.17, 15) is 8.42 Å². The lowest BCUT2D eigenvalue weighted by atomic mass is 10.2. The molecule has 0 radical (unpaired) electrons. The van der Waals surface area contributed by atoms with Crippen molar-refractivity contribution < 1.29 is 17.9 Å². The normalized spacial score (nSPS) is 10.9. The first-order chi connectivity index (χ1) is 14.8. The number of hydrogen-bond donors (Lipinski definition) is 3. The van der Waals surface area contributed by atoms with Crippen molar-refractivity contribution in [3.05, 3.63) is 72.7 Å². The SMILES string of the molecule is C=C(Nc1ccc(OC)c(OC)c1)Nc1c(C=N)ccn1-c1ccc(S(C)(=O)=O)cc1. The first kappa shape index (κ1) is 22.0. The minimum Gasteiger partial charge on any atom is -0.493 e. The molecule has 1 heterocycles. The van der Waals surface area contributed by atoms with Crippen LogP contribution in [-0.2, 0) is 9.84 Å². The quantitative estimate of drug-likeness (QED) is 0.436. The summed E-state index contributed by atoms with van der Waals surface area (Å²) in [6, 6.07) is 13.7. The fourth-order valence-corrected chi connectivity index (χ4v) is 3.66. The van der Waals surface area contributed by atoms with E-state index < -0.39 is 9.84 Å². The molecule has 3 N–H and O–H groups in total. The Morgan fingerprint density at radius 1 is 1.03 bits per heavy atom. The monoisotopic (exact) mass is 440 g/mol. The van der Waals surface area contributed by atoms with Crippen LogP contribution in [0, 0.1) is 5.41 Å². The van der Waals surface area contributed by atoms with E-state index in [1.54, 1.807) is 62.9 Å². The van der Waals surface area contributed by atoms with Gasteiger partial charge in [0, 0.05) is 41.7 Å². The minimum absolute atomic E-state index is 0.240. The Kier molecular flexibility index (Phi) is 6.36. The molecule has 0 aliphatic heterocycles. The van der Waals surface area contributed by atoms with Crippen molar-refractivity contribution in [1.82, 2.24) is 4.57 Å². The lowest BCUT2D eigenvalue weighted by molar-refractivity contribution is 0.355. The Morgan fingerprint density at radius 3 is 2.29 bits per heavy atom. The summed E-state index contributed by atoms with van der Waals surface area (Å²) >= 11 is 0. The molecule has 0 saturated heterocycles. The molecule has 0 atom stereocenters. The molecule has 3 aromatic rings. The summed E-state index contributed by atoms with van der Waals surface area (Å²) in [6.07, 6.45) is 4.19. The lowest BCUT2D eigenvalue weighted by Crippen LogP contribution is -2.12. The Labute approximate surface area is 181 Å². The van der Waals surface area contributed by atoms with Crippen LogP contribution >= 0.6 is 0 Å². The fourth-order valence-electron chi connectivity index (χ4n) is 3.03. The average molecular weight is 441 g/mol. The number of ether oxygens (including phenoxy) is 2. The molecule has 0 amide bonds. The molecule has 0 spiro atoms. The molecule has 0 aliphatic carbocycles. The second-order valence-corrected chi connectivity index (χ2v) is 8.71. The summed E-state index contributed by atoms with van der Waals surface area (Å²) in [6.45, 7) is 4.02. The Bertz CT molecular complexity index is 1210. The van der Waals surface area contributed by atoms with Crippen LogP contribution in [0.25, 0.3) is 5.69 Å². The first-order valence-corrected chi connectivity index (χ1v) is 11.1. The second-order valence-electron chi connectivity index (χ2n) is 6.70. The predicted octanol–water partition coefficient (Wildman–Crippen LogP) is 3.89. The maximum Gasteiger partial charge on any atom is 0.175 e. The molecular weight excluding hydrogens is 416 g/mol. The zero-order chi connectivity index (χ0) is 22.6. The molecule has 1 aromatic heterocycles. The molecule has 162 valence electrons. The van der Waals surface area contributed by atoms with Gasteiger partial charge in [0.25, 0.3) is 0 Å². The molecule has 0 bridgehead atoms. The van der Waals surface area contributed by atoms with Crippen molar-refractivity contribution in [2.75, 3.05) is 31.1 Å². The van der Waals surface area contributed by atoms with Crippen LogP contribution in [0.3, 0.4) is 0 Å². The van der Waals surface area contributed by atoms with Gasteiger partial charge in [-0.2, -0.15) is 0 Å². The maximum atomic E-state index is 11.7. The van der Waals surface area contributed by atoms with Gasteiger partial charge in [0.15, 0.2) is 21.3 Å². The van der Waals surface area contributed by atoms with Crippen LogP contribution in [0.2, 0.25) is 0 Å². The third-order valence-electron chi connectivity index (χ3n) is 4.56. The highest BCUT2D eigenvalue weighted by Crippen LogP contribution is 2.30. The Hall–Kier alpha value is -3.72. The Balaban J connectivity index is 1.85. The van der Waals surface area contributed by atoms with Gasteiger partial charge in [-0.3, -0.25) is 0 Å². The highest BCUT2D eigenvalue weighted by molar-refractivity contribution is 7.90. The molecule has 2 aromatic carbocycles. The number of anilines is 2. The molecular formula is C22H24N4O4S. The molecule has 3 rings (SSSR count). The van der Waals surface area contributed by atoms with E-state index in [-0.39, 0.29) is 4.90 Å². The number of nitrogens with zero attached hydrogens (tertiary/aromatic N) is 1. The number of hydrogen-bond acceptors (Lipinski definition) is 7. The van der Waals surface area contributed by atoms with Crippen LogP contribution in [0.4, 0.5) is 11.5 Å². The number of aromatic nitrogens is 1. The van der Waals surface area contributed by atoms with E-state index in [0.29, 0.717) is 28.7 Å². The number of nitrogens with one attached hydrogen (secondary N) is 3. The molecule has 8 nitrogen and oxygen atoms in total. The van der Waals surface area contributed by atoms with Gasteiger partial charge in [-0.25, -0.2) is 8.42 Å². The highest BCUT2D eigenvalue weighted by Gasteiger charge is 2.13. The largest absolute Gasteiger partial charge is 0.493 e. The lowest BCUT2D eigenvalue weighted by Gasteiger charge is -2.17. The fraction of sp³-hybridized carbons (Fsp3) is 0.136. The topological polar surface area (TPSA) is 105 Å². The van der Waals surface area contributed by atoms with Crippen molar-refractivity contribution in [1.29, 1.82) is 5.41 Å². The van der Waals surface area contributed by atoms with Crippen LogP contribution in [0.5, 0.6) is 11.5 Å². The second kappa shape index (κ2) is 8.97. The van der Waals surface area contributed by atoms with Gasteiger partial charge >= 0.3 is 0 Å². The van der Waals surface area contributed by atoms with Crippen LogP contribution in [0.1, 0.15) is 5.56 Å². The van der Waals surface area contributed by atoms with Crippen LogP contribution in [-0.4, -0.2) is 39.7 Å². The summed E-state index contributed by atoms with van der Waals surface area (Å²) in [5, 5.41) is 14.0. The summed E-state index contributed by atoms with van der Waals surface area (Å²) in [7, 11) is -0.147. The van der Waals surface area contributed by atoms with Crippen LogP contribution < -0.4 is 20.1 Å². The van der Waals surface area contributed by atoms with E-state index in [1.807, 2.05) is 10.6 Å². The van der Waals surface area contributed by atoms with E-state index in [2.05, 4.69) is 17.2 Å². The molecule has 0 unspecified atom stereocenters. The van der Waals surface area contributed by atoms with E-state index >= 15 is 0 Å². The zero-order valence-electron chi connectivity index (χ0n) is 17.5. The van der Waals surface area contributed by atoms with Crippen LogP contribution in [0.15, 0.2) is 72.0 Å². The summed E-state index contributed by atoms with van der Waals surface area (Å²) in [5.74, 6) is 2.28. The third kappa shape index (κ3) is 4.89. The molecule has 9 heteroatoms. The van der Waals surface area contributed by atoms with Crippen molar-refractivity contribution >= 4 is 27.6 Å². The van der Waals surface area contributed by atoms with Gasteiger partial charge in [0.05, 0.1) is 19.1 Å². The van der Waals surface area contributed by atoms with Gasteiger partial charge in [-0.05, 0) is 42.5 Å². The van der Waals surface area contributed by atoms with E-state index in [1.165, 1.54) is 12.5 Å². The van der Waals surface area contributed by atoms with E-state index in [4.69, 9.17) is 14.9 Å². The first-order valence-electron chi connectivity index (χ1n) is 9.24. The predicted molar refractivity (Wildman–Crippen MR) is 123 cm³/mol.